The summed E-state index contributed by atoms with van der Waals surface area (Å²) in [6.07, 6.45) is 3.28. The Balaban J connectivity index is 2.13. The van der Waals surface area contributed by atoms with Crippen molar-refractivity contribution in [2.75, 3.05) is 24.5 Å². The third kappa shape index (κ3) is 5.69. The summed E-state index contributed by atoms with van der Waals surface area (Å²) in [5, 5.41) is 9.15. The number of carboxylic acid groups (broad SMARTS) is 1. The van der Waals surface area contributed by atoms with E-state index in [0.717, 1.165) is 30.8 Å². The molecule has 0 atom stereocenters. The van der Waals surface area contributed by atoms with Crippen molar-refractivity contribution >= 4 is 11.8 Å². The topological polar surface area (TPSA) is 53.0 Å². The summed E-state index contributed by atoms with van der Waals surface area (Å²) in [5.41, 5.74) is 2.44. The van der Waals surface area contributed by atoms with Crippen molar-refractivity contribution in [2.24, 2.45) is 0 Å². The van der Waals surface area contributed by atoms with Gasteiger partial charge in [0.2, 0.25) is 0 Å². The Morgan fingerprint density at radius 2 is 1.88 bits per heavy atom. The Morgan fingerprint density at radius 3 is 2.36 bits per heavy atom. The van der Waals surface area contributed by atoms with Crippen molar-refractivity contribution in [3.8, 4) is 5.75 Å². The average molecular weight is 346 g/mol. The van der Waals surface area contributed by atoms with Gasteiger partial charge in [-0.3, -0.25) is 0 Å². The zero-order chi connectivity index (χ0) is 18.4. The number of amides is 1. The van der Waals surface area contributed by atoms with E-state index in [1.807, 2.05) is 26.0 Å². The fourth-order valence-electron chi connectivity index (χ4n) is 3.10. The molecule has 0 bridgehead atoms. The molecule has 1 fully saturated rings. The summed E-state index contributed by atoms with van der Waals surface area (Å²) >= 11 is 0. The van der Waals surface area contributed by atoms with Gasteiger partial charge in [0.05, 0.1) is 6.10 Å². The number of benzene rings is 1. The first-order valence-electron chi connectivity index (χ1n) is 9.01. The molecule has 25 heavy (non-hydrogen) atoms. The number of hydrogen-bond donors (Lipinski definition) is 1. The van der Waals surface area contributed by atoms with Gasteiger partial charge in [-0.2, -0.15) is 0 Å². The third-order valence-corrected chi connectivity index (χ3v) is 4.41. The van der Waals surface area contributed by atoms with E-state index in [1.54, 1.807) is 0 Å². The number of allylic oxidation sites excluding steroid dienone is 1. The molecule has 0 unspecified atom stereocenters. The van der Waals surface area contributed by atoms with Crippen LogP contribution in [0.15, 0.2) is 35.9 Å². The maximum atomic E-state index is 11.1. The molecule has 1 aliphatic rings. The highest BCUT2D eigenvalue weighted by Crippen LogP contribution is 2.26. The van der Waals surface area contributed by atoms with Crippen molar-refractivity contribution in [2.45, 2.75) is 52.7 Å². The SMILES string of the molecule is CC(C)=CCN(c1ccc(OC(C)C)cc1)C1CCN(C(=O)O)CC1. The summed E-state index contributed by atoms with van der Waals surface area (Å²) < 4.78 is 5.73. The lowest BCUT2D eigenvalue weighted by Gasteiger charge is -2.38. The molecule has 1 aromatic rings. The van der Waals surface area contributed by atoms with Gasteiger partial charge in [-0.1, -0.05) is 11.6 Å². The highest BCUT2D eigenvalue weighted by Gasteiger charge is 2.26. The summed E-state index contributed by atoms with van der Waals surface area (Å²) in [7, 11) is 0. The average Bonchev–Trinajstić information content (AvgIpc) is 2.56. The minimum Gasteiger partial charge on any atom is -0.491 e. The maximum Gasteiger partial charge on any atom is 0.407 e. The largest absolute Gasteiger partial charge is 0.491 e. The van der Waals surface area contributed by atoms with Crippen molar-refractivity contribution in [1.29, 1.82) is 0 Å². The zero-order valence-corrected chi connectivity index (χ0v) is 15.7. The Kier molecular flexibility index (Phi) is 6.73. The van der Waals surface area contributed by atoms with E-state index in [-0.39, 0.29) is 6.10 Å². The van der Waals surface area contributed by atoms with E-state index < -0.39 is 6.09 Å². The van der Waals surface area contributed by atoms with Crippen molar-refractivity contribution in [3.05, 3.63) is 35.9 Å². The molecule has 138 valence electrons. The Labute approximate surface area is 150 Å². The predicted octanol–water partition coefficient (Wildman–Crippen LogP) is 4.39. The van der Waals surface area contributed by atoms with Crippen molar-refractivity contribution in [1.82, 2.24) is 4.90 Å². The van der Waals surface area contributed by atoms with Crippen molar-refractivity contribution < 1.29 is 14.6 Å². The fraction of sp³-hybridized carbons (Fsp3) is 0.550. The number of hydrogen-bond acceptors (Lipinski definition) is 3. The van der Waals surface area contributed by atoms with Crippen LogP contribution in [-0.2, 0) is 0 Å². The summed E-state index contributed by atoms with van der Waals surface area (Å²) in [6.45, 7) is 10.3. The van der Waals surface area contributed by atoms with Crippen LogP contribution in [0.1, 0.15) is 40.5 Å². The molecule has 1 N–H and O–H groups in total. The van der Waals surface area contributed by atoms with E-state index >= 15 is 0 Å². The number of ether oxygens (including phenoxy) is 1. The van der Waals surface area contributed by atoms with Gasteiger partial charge in [0.25, 0.3) is 0 Å². The van der Waals surface area contributed by atoms with Crippen LogP contribution >= 0.6 is 0 Å². The number of piperidine rings is 1. The number of rotatable bonds is 6. The molecule has 1 amide bonds. The summed E-state index contributed by atoms with van der Waals surface area (Å²) in [5.74, 6) is 0.876. The molecule has 2 rings (SSSR count). The maximum absolute atomic E-state index is 11.1. The standard InChI is InChI=1S/C20H30N2O3/c1-15(2)9-14-22(18-10-12-21(13-11-18)20(23)24)17-5-7-19(8-6-17)25-16(3)4/h5-9,16,18H,10-14H2,1-4H3,(H,23,24). The molecule has 0 radical (unpaired) electrons. The predicted molar refractivity (Wildman–Crippen MR) is 102 cm³/mol. The first kappa shape index (κ1) is 19.2. The zero-order valence-electron chi connectivity index (χ0n) is 15.7. The van der Waals surface area contributed by atoms with Crippen LogP contribution in [-0.4, -0.2) is 47.9 Å². The summed E-state index contributed by atoms with van der Waals surface area (Å²) in [6, 6.07) is 8.57. The fourth-order valence-corrected chi connectivity index (χ4v) is 3.10. The number of anilines is 1. The highest BCUT2D eigenvalue weighted by atomic mass is 16.5. The molecule has 0 saturated carbocycles. The molecule has 1 heterocycles. The highest BCUT2D eigenvalue weighted by molar-refractivity contribution is 5.65. The molecule has 5 nitrogen and oxygen atoms in total. The molecule has 0 aliphatic carbocycles. The second-order valence-corrected chi connectivity index (χ2v) is 7.10. The Hall–Kier alpha value is -2.17. The number of nitrogens with zero attached hydrogens (tertiary/aromatic N) is 2. The van der Waals surface area contributed by atoms with E-state index in [1.165, 1.54) is 10.5 Å². The van der Waals surface area contributed by atoms with E-state index in [4.69, 9.17) is 9.84 Å². The lowest BCUT2D eigenvalue weighted by atomic mass is 10.0. The molecule has 1 saturated heterocycles. The Morgan fingerprint density at radius 1 is 1.28 bits per heavy atom. The second-order valence-electron chi connectivity index (χ2n) is 7.10. The van der Waals surface area contributed by atoms with Gasteiger partial charge in [0.15, 0.2) is 0 Å². The van der Waals surface area contributed by atoms with Gasteiger partial charge in [-0.25, -0.2) is 4.79 Å². The molecular weight excluding hydrogens is 316 g/mol. The van der Waals surface area contributed by atoms with Crippen LogP contribution in [0.3, 0.4) is 0 Å². The Bertz CT molecular complexity index is 583. The van der Waals surface area contributed by atoms with Crippen molar-refractivity contribution in [3.63, 3.8) is 0 Å². The van der Waals surface area contributed by atoms with Gasteiger partial charge >= 0.3 is 6.09 Å². The first-order chi connectivity index (χ1) is 11.9. The molecule has 0 aromatic heterocycles. The number of likely N-dealkylation sites (tertiary alicyclic amines) is 1. The van der Waals surface area contributed by atoms with Crippen LogP contribution in [0.4, 0.5) is 10.5 Å². The normalized spacial score (nSPS) is 15.2. The molecular formula is C20H30N2O3. The molecule has 5 heteroatoms. The second kappa shape index (κ2) is 8.79. The van der Waals surface area contributed by atoms with Gasteiger partial charge in [0, 0.05) is 31.4 Å². The third-order valence-electron chi connectivity index (χ3n) is 4.41. The molecule has 1 aromatic carbocycles. The van der Waals surface area contributed by atoms with Crippen LogP contribution in [0.25, 0.3) is 0 Å². The first-order valence-corrected chi connectivity index (χ1v) is 9.01. The molecule has 0 spiro atoms. The monoisotopic (exact) mass is 346 g/mol. The van der Waals surface area contributed by atoms with Crippen LogP contribution in [0.2, 0.25) is 0 Å². The van der Waals surface area contributed by atoms with Gasteiger partial charge < -0.3 is 19.6 Å². The van der Waals surface area contributed by atoms with Gasteiger partial charge in [0.1, 0.15) is 5.75 Å². The van der Waals surface area contributed by atoms with E-state index in [0.29, 0.717) is 19.1 Å². The lowest BCUT2D eigenvalue weighted by molar-refractivity contribution is 0.131. The van der Waals surface area contributed by atoms with Crippen LogP contribution in [0.5, 0.6) is 5.75 Å². The van der Waals surface area contributed by atoms with E-state index in [2.05, 4.69) is 37.0 Å². The van der Waals surface area contributed by atoms with Crippen LogP contribution < -0.4 is 9.64 Å². The number of carbonyl (C=O) groups is 1. The minimum absolute atomic E-state index is 0.160. The lowest BCUT2D eigenvalue weighted by Crippen LogP contribution is -2.46. The van der Waals surface area contributed by atoms with Crippen LogP contribution in [0, 0.1) is 0 Å². The minimum atomic E-state index is -0.815. The summed E-state index contributed by atoms with van der Waals surface area (Å²) in [4.78, 5) is 15.0. The van der Waals surface area contributed by atoms with E-state index in [9.17, 15) is 4.79 Å². The van der Waals surface area contributed by atoms with Gasteiger partial charge in [-0.05, 0) is 64.8 Å². The quantitative estimate of drug-likeness (QED) is 0.776. The molecule has 1 aliphatic heterocycles. The van der Waals surface area contributed by atoms with Gasteiger partial charge in [-0.15, -0.1) is 0 Å². The smallest absolute Gasteiger partial charge is 0.407 e.